The van der Waals surface area contributed by atoms with Crippen LogP contribution in [0.5, 0.6) is 0 Å². The zero-order valence-electron chi connectivity index (χ0n) is 18.2. The molecule has 2 rings (SSSR count). The maximum absolute atomic E-state index is 11.7. The van der Waals surface area contributed by atoms with Crippen molar-refractivity contribution < 1.29 is 9.53 Å². The first-order valence-electron chi connectivity index (χ1n) is 10.5. The molecule has 0 spiro atoms. The van der Waals surface area contributed by atoms with Crippen LogP contribution in [0.25, 0.3) is 5.57 Å². The minimum atomic E-state index is -0.384. The Balaban J connectivity index is 1.58. The minimum absolute atomic E-state index is 0.0876. The highest BCUT2D eigenvalue weighted by Crippen LogP contribution is 2.24. The summed E-state index contributed by atoms with van der Waals surface area (Å²) >= 11 is 5.88. The molecule has 1 aliphatic rings. The Morgan fingerprint density at radius 3 is 2.69 bits per heavy atom. The summed E-state index contributed by atoms with van der Waals surface area (Å²) in [5.74, 6) is 0.434. The first-order valence-corrected chi connectivity index (χ1v) is 10.9. The van der Waals surface area contributed by atoms with Crippen molar-refractivity contribution in [2.24, 2.45) is 5.92 Å². The van der Waals surface area contributed by atoms with Gasteiger partial charge in [0.2, 0.25) is 5.28 Å². The fourth-order valence-corrected chi connectivity index (χ4v) is 3.52. The van der Waals surface area contributed by atoms with Gasteiger partial charge in [-0.2, -0.15) is 0 Å². The zero-order valence-corrected chi connectivity index (χ0v) is 18.9. The van der Waals surface area contributed by atoms with E-state index in [1.807, 2.05) is 26.8 Å². The number of ether oxygens (including phenoxy) is 1. The molecular weight excluding hydrogens is 386 g/mol. The van der Waals surface area contributed by atoms with Crippen LogP contribution in [0.3, 0.4) is 0 Å². The number of carbonyl (C=O) groups is 1. The number of carbonyl (C=O) groups excluding carboxylic acids is 1. The van der Waals surface area contributed by atoms with E-state index in [4.69, 9.17) is 16.3 Å². The number of esters is 1. The molecule has 1 aliphatic carbocycles. The van der Waals surface area contributed by atoms with Crippen LogP contribution in [-0.2, 0) is 9.53 Å². The van der Waals surface area contributed by atoms with Crippen LogP contribution >= 0.6 is 11.6 Å². The number of rotatable bonds is 10. The lowest BCUT2D eigenvalue weighted by Crippen LogP contribution is -2.26. The van der Waals surface area contributed by atoms with E-state index in [1.165, 1.54) is 0 Å². The third kappa shape index (κ3) is 9.55. The van der Waals surface area contributed by atoms with E-state index in [0.29, 0.717) is 12.3 Å². The van der Waals surface area contributed by atoms with Crippen LogP contribution in [0, 0.1) is 5.92 Å². The lowest BCUT2D eigenvalue weighted by atomic mass is 9.94. The van der Waals surface area contributed by atoms with Crippen LogP contribution in [0.2, 0.25) is 5.28 Å². The van der Waals surface area contributed by atoms with Gasteiger partial charge >= 0.3 is 5.97 Å². The third-order valence-corrected chi connectivity index (χ3v) is 4.93. The minimum Gasteiger partial charge on any atom is -0.460 e. The lowest BCUT2D eigenvalue weighted by molar-refractivity contribution is -0.154. The largest absolute Gasteiger partial charge is 0.460 e. The normalized spacial score (nSPS) is 16.8. The van der Waals surface area contributed by atoms with Crippen molar-refractivity contribution in [2.45, 2.75) is 64.9 Å². The molecule has 0 amide bonds. The van der Waals surface area contributed by atoms with E-state index in [9.17, 15) is 4.79 Å². The highest BCUT2D eigenvalue weighted by Gasteiger charge is 2.16. The predicted octanol–water partition coefficient (Wildman–Crippen LogP) is 5.31. The van der Waals surface area contributed by atoms with Crippen molar-refractivity contribution in [1.29, 1.82) is 0 Å². The second-order valence-electron chi connectivity index (χ2n) is 8.74. The summed E-state index contributed by atoms with van der Waals surface area (Å²) in [5.41, 5.74) is 1.60. The van der Waals surface area contributed by atoms with E-state index in [2.05, 4.69) is 40.1 Å². The molecule has 1 heterocycles. The molecule has 0 aromatic carbocycles. The molecule has 1 aromatic rings. The molecule has 0 bridgehead atoms. The van der Waals surface area contributed by atoms with Crippen molar-refractivity contribution >= 4 is 23.1 Å². The molecule has 29 heavy (non-hydrogen) atoms. The molecule has 0 fully saturated rings. The molecule has 0 aliphatic heterocycles. The molecule has 0 radical (unpaired) electrons. The van der Waals surface area contributed by atoms with Gasteiger partial charge in [-0.05, 0) is 82.8 Å². The summed E-state index contributed by atoms with van der Waals surface area (Å²) < 4.78 is 5.34. The van der Waals surface area contributed by atoms with E-state index >= 15 is 0 Å². The third-order valence-electron chi connectivity index (χ3n) is 4.75. The van der Waals surface area contributed by atoms with Crippen molar-refractivity contribution in [3.63, 3.8) is 0 Å². The predicted molar refractivity (Wildman–Crippen MR) is 119 cm³/mol. The summed E-state index contributed by atoms with van der Waals surface area (Å²) in [6, 6.07) is 1.89. The molecule has 1 atom stereocenters. The molecule has 160 valence electrons. The van der Waals surface area contributed by atoms with Crippen LogP contribution in [0.1, 0.15) is 65.0 Å². The van der Waals surface area contributed by atoms with E-state index < -0.39 is 0 Å². The van der Waals surface area contributed by atoms with E-state index in [-0.39, 0.29) is 16.9 Å². The van der Waals surface area contributed by atoms with Crippen molar-refractivity contribution in [2.75, 3.05) is 20.1 Å². The molecule has 0 unspecified atom stereocenters. The Morgan fingerprint density at radius 1 is 1.28 bits per heavy atom. The Kier molecular flexibility index (Phi) is 9.31. The number of hydrogen-bond donors (Lipinski definition) is 0. The molecule has 0 saturated heterocycles. The van der Waals surface area contributed by atoms with Crippen molar-refractivity contribution in [1.82, 2.24) is 14.9 Å². The zero-order chi connectivity index (χ0) is 21.3. The van der Waals surface area contributed by atoms with Gasteiger partial charge in [0.25, 0.3) is 0 Å². The van der Waals surface area contributed by atoms with Gasteiger partial charge in [0.05, 0.1) is 5.69 Å². The van der Waals surface area contributed by atoms with Gasteiger partial charge in [-0.15, -0.1) is 0 Å². The lowest BCUT2D eigenvalue weighted by Gasteiger charge is -2.23. The average Bonchev–Trinajstić information content (AvgIpc) is 2.64. The Bertz CT molecular complexity index is 725. The molecule has 0 saturated carbocycles. The maximum atomic E-state index is 11.7. The van der Waals surface area contributed by atoms with Gasteiger partial charge < -0.3 is 9.64 Å². The quantitative estimate of drug-likeness (QED) is 0.292. The number of hydrogen-bond acceptors (Lipinski definition) is 5. The summed E-state index contributed by atoms with van der Waals surface area (Å²) in [6.07, 6.45) is 14.1. The number of aromatic nitrogens is 2. The first kappa shape index (κ1) is 23.6. The average molecular weight is 420 g/mol. The van der Waals surface area contributed by atoms with Gasteiger partial charge in [-0.1, -0.05) is 31.1 Å². The van der Waals surface area contributed by atoms with Crippen molar-refractivity contribution in [3.05, 3.63) is 41.5 Å². The SMILES string of the molecule is CN(CCCCCCC(=O)OC(C)(C)C)C[C@@H]1C=CC(c2ccnc(Cl)n2)=CC1. The number of halogens is 1. The topological polar surface area (TPSA) is 55.3 Å². The second kappa shape index (κ2) is 11.5. The molecule has 6 heteroatoms. The van der Waals surface area contributed by atoms with Crippen LogP contribution < -0.4 is 0 Å². The Morgan fingerprint density at radius 2 is 2.03 bits per heavy atom. The summed E-state index contributed by atoms with van der Waals surface area (Å²) in [4.78, 5) is 22.3. The van der Waals surface area contributed by atoms with Crippen molar-refractivity contribution in [3.8, 4) is 0 Å². The number of nitrogens with zero attached hydrogens (tertiary/aromatic N) is 3. The summed E-state index contributed by atoms with van der Waals surface area (Å²) in [5, 5.41) is 0.282. The molecular formula is C23H34ClN3O2. The highest BCUT2D eigenvalue weighted by molar-refractivity contribution is 6.28. The van der Waals surface area contributed by atoms with Gasteiger partial charge in [0, 0.05) is 19.2 Å². The molecule has 0 N–H and O–H groups in total. The van der Waals surface area contributed by atoms with Gasteiger partial charge in [0.15, 0.2) is 0 Å². The number of unbranched alkanes of at least 4 members (excludes halogenated alkanes) is 3. The molecule has 5 nitrogen and oxygen atoms in total. The first-order chi connectivity index (χ1) is 13.7. The standard InChI is InChI=1S/C23H34ClN3O2/c1-23(2,3)29-21(28)9-7-5-6-8-16-27(4)17-18-10-12-19(13-11-18)20-14-15-25-22(24)26-20/h10,12-15,18H,5-9,11,16-17H2,1-4H3/t18-/m1/s1. The monoisotopic (exact) mass is 419 g/mol. The van der Waals surface area contributed by atoms with E-state index in [1.54, 1.807) is 6.20 Å². The second-order valence-corrected chi connectivity index (χ2v) is 9.08. The smallest absolute Gasteiger partial charge is 0.306 e. The molecule has 1 aromatic heterocycles. The van der Waals surface area contributed by atoms with E-state index in [0.717, 1.165) is 56.5 Å². The van der Waals surface area contributed by atoms with Gasteiger partial charge in [-0.25, -0.2) is 9.97 Å². The summed E-state index contributed by atoms with van der Waals surface area (Å²) in [6.45, 7) is 7.84. The van der Waals surface area contributed by atoms with Gasteiger partial charge in [0.1, 0.15) is 5.60 Å². The number of allylic oxidation sites excluding steroid dienone is 3. The maximum Gasteiger partial charge on any atom is 0.306 e. The van der Waals surface area contributed by atoms with Crippen LogP contribution in [0.15, 0.2) is 30.5 Å². The fraction of sp³-hybridized carbons (Fsp3) is 0.609. The highest BCUT2D eigenvalue weighted by atomic mass is 35.5. The summed E-state index contributed by atoms with van der Waals surface area (Å²) in [7, 11) is 2.18. The van der Waals surface area contributed by atoms with Gasteiger partial charge in [-0.3, -0.25) is 4.79 Å². The Labute approximate surface area is 180 Å². The Hall–Kier alpha value is -1.72. The van der Waals surface area contributed by atoms with Crippen LogP contribution in [0.4, 0.5) is 0 Å². The fourth-order valence-electron chi connectivity index (χ4n) is 3.37. The van der Waals surface area contributed by atoms with Crippen LogP contribution in [-0.4, -0.2) is 46.6 Å².